The van der Waals surface area contributed by atoms with Gasteiger partial charge < -0.3 is 10.2 Å². The van der Waals surface area contributed by atoms with E-state index < -0.39 is 27.0 Å². The Morgan fingerprint density at radius 1 is 1.35 bits per heavy atom. The molecule has 94 valence electrons. The van der Waals surface area contributed by atoms with Gasteiger partial charge >= 0.3 is 5.97 Å². The predicted molar refractivity (Wildman–Crippen MR) is 62.7 cm³/mol. The van der Waals surface area contributed by atoms with Crippen molar-refractivity contribution in [2.75, 3.05) is 4.72 Å². The Morgan fingerprint density at radius 3 is 2.35 bits per heavy atom. The van der Waals surface area contributed by atoms with Crippen LogP contribution in [-0.4, -0.2) is 29.9 Å². The molecule has 0 radical (unpaired) electrons. The van der Waals surface area contributed by atoms with Crippen molar-refractivity contribution in [3.63, 3.8) is 0 Å². The van der Waals surface area contributed by atoms with Gasteiger partial charge in [0.15, 0.2) is 0 Å². The number of benzene rings is 1. The van der Waals surface area contributed by atoms with Crippen LogP contribution in [0.4, 0.5) is 5.69 Å². The van der Waals surface area contributed by atoms with E-state index in [2.05, 4.69) is 4.72 Å². The van der Waals surface area contributed by atoms with Gasteiger partial charge in [0, 0.05) is 6.07 Å². The van der Waals surface area contributed by atoms with E-state index in [4.69, 9.17) is 5.11 Å². The minimum absolute atomic E-state index is 0.126. The number of hydrogen-bond acceptors (Lipinski definition) is 4. The summed E-state index contributed by atoms with van der Waals surface area (Å²) in [6.07, 6.45) is 0. The standard InChI is InChI=1S/C10H13NO5S/c1-6(2)17(15,16)11-7-3-4-8(10(13)14)9(12)5-7/h3-6,11-12H,1-2H3,(H,13,14). The number of nitrogens with one attached hydrogen (secondary N) is 1. The van der Waals surface area contributed by atoms with Crippen molar-refractivity contribution in [1.82, 2.24) is 0 Å². The summed E-state index contributed by atoms with van der Waals surface area (Å²) >= 11 is 0. The molecule has 0 atom stereocenters. The van der Waals surface area contributed by atoms with Gasteiger partial charge in [0.1, 0.15) is 11.3 Å². The number of phenols is 1. The van der Waals surface area contributed by atoms with Crippen LogP contribution in [0.15, 0.2) is 18.2 Å². The highest BCUT2D eigenvalue weighted by Crippen LogP contribution is 2.23. The number of carbonyl (C=O) groups is 1. The molecule has 0 heterocycles. The Kier molecular flexibility index (Phi) is 3.62. The van der Waals surface area contributed by atoms with Crippen molar-refractivity contribution in [1.29, 1.82) is 0 Å². The number of aromatic hydroxyl groups is 1. The van der Waals surface area contributed by atoms with Crippen LogP contribution in [0.1, 0.15) is 24.2 Å². The SMILES string of the molecule is CC(C)S(=O)(=O)Nc1ccc(C(=O)O)c(O)c1. The Labute approximate surface area is 99.0 Å². The maximum Gasteiger partial charge on any atom is 0.339 e. The Morgan fingerprint density at radius 2 is 1.94 bits per heavy atom. The van der Waals surface area contributed by atoms with Crippen molar-refractivity contribution in [3.05, 3.63) is 23.8 Å². The van der Waals surface area contributed by atoms with Crippen molar-refractivity contribution < 1.29 is 23.4 Å². The topological polar surface area (TPSA) is 104 Å². The second-order valence-electron chi connectivity index (χ2n) is 3.73. The molecule has 0 fully saturated rings. The first-order valence-electron chi connectivity index (χ1n) is 4.82. The third kappa shape index (κ3) is 3.10. The third-order valence-corrected chi connectivity index (χ3v) is 3.87. The molecule has 1 aromatic carbocycles. The summed E-state index contributed by atoms with van der Waals surface area (Å²) in [6.45, 7) is 3.02. The Bertz CT molecular complexity index is 536. The summed E-state index contributed by atoms with van der Waals surface area (Å²) in [6, 6.07) is 3.47. The molecule has 0 saturated carbocycles. The first kappa shape index (κ1) is 13.3. The van der Waals surface area contributed by atoms with Crippen molar-refractivity contribution in [2.24, 2.45) is 0 Å². The number of anilines is 1. The smallest absolute Gasteiger partial charge is 0.339 e. The highest BCUT2D eigenvalue weighted by atomic mass is 32.2. The van der Waals surface area contributed by atoms with Gasteiger partial charge in [-0.2, -0.15) is 0 Å². The minimum atomic E-state index is -3.51. The molecule has 1 rings (SSSR count). The molecule has 0 aromatic heterocycles. The third-order valence-electron chi connectivity index (χ3n) is 2.11. The fraction of sp³-hybridized carbons (Fsp3) is 0.300. The number of hydrogen-bond donors (Lipinski definition) is 3. The van der Waals surface area contributed by atoms with Crippen molar-refractivity contribution in [3.8, 4) is 5.75 Å². The highest BCUT2D eigenvalue weighted by Gasteiger charge is 2.17. The van der Waals surface area contributed by atoms with E-state index in [1.165, 1.54) is 19.9 Å². The molecule has 1 aromatic rings. The largest absolute Gasteiger partial charge is 0.507 e. The van der Waals surface area contributed by atoms with E-state index in [1.807, 2.05) is 0 Å². The number of aromatic carboxylic acids is 1. The molecular formula is C10H13NO5S. The predicted octanol–water partition coefficient (Wildman–Crippen LogP) is 1.24. The number of rotatable bonds is 4. The van der Waals surface area contributed by atoms with E-state index in [-0.39, 0.29) is 11.3 Å². The molecule has 0 unspecified atom stereocenters. The van der Waals surface area contributed by atoms with Crippen LogP contribution in [0.3, 0.4) is 0 Å². The van der Waals surface area contributed by atoms with Crippen molar-refractivity contribution >= 4 is 21.7 Å². The molecular weight excluding hydrogens is 246 g/mol. The van der Waals surface area contributed by atoms with Crippen LogP contribution in [0.5, 0.6) is 5.75 Å². The summed E-state index contributed by atoms with van der Waals surface area (Å²) in [4.78, 5) is 10.6. The first-order chi connectivity index (χ1) is 7.74. The fourth-order valence-electron chi connectivity index (χ4n) is 1.06. The zero-order valence-corrected chi connectivity index (χ0v) is 10.2. The summed E-state index contributed by atoms with van der Waals surface area (Å²) in [5.74, 6) is -1.76. The van der Waals surface area contributed by atoms with Crippen LogP contribution < -0.4 is 4.72 Å². The molecule has 0 saturated heterocycles. The van der Waals surface area contributed by atoms with Crippen LogP contribution >= 0.6 is 0 Å². The van der Waals surface area contributed by atoms with E-state index in [0.29, 0.717) is 0 Å². The lowest BCUT2D eigenvalue weighted by Gasteiger charge is -2.11. The number of carboxylic acid groups (broad SMARTS) is 1. The zero-order chi connectivity index (χ0) is 13.2. The van der Waals surface area contributed by atoms with Gasteiger partial charge in [-0.15, -0.1) is 0 Å². The fourth-order valence-corrected chi connectivity index (χ4v) is 1.75. The molecule has 0 spiro atoms. The second-order valence-corrected chi connectivity index (χ2v) is 5.97. The molecule has 7 heteroatoms. The summed E-state index contributed by atoms with van der Waals surface area (Å²) in [7, 11) is -3.51. The average molecular weight is 259 g/mol. The summed E-state index contributed by atoms with van der Waals surface area (Å²) < 4.78 is 25.3. The average Bonchev–Trinajstić information content (AvgIpc) is 2.15. The molecule has 6 nitrogen and oxygen atoms in total. The van der Waals surface area contributed by atoms with Gasteiger partial charge in [0.25, 0.3) is 0 Å². The number of sulfonamides is 1. The minimum Gasteiger partial charge on any atom is -0.507 e. The zero-order valence-electron chi connectivity index (χ0n) is 9.34. The van der Waals surface area contributed by atoms with E-state index in [1.54, 1.807) is 0 Å². The molecule has 0 aliphatic heterocycles. The molecule has 0 bridgehead atoms. The Balaban J connectivity index is 3.04. The van der Waals surface area contributed by atoms with Crippen molar-refractivity contribution in [2.45, 2.75) is 19.1 Å². The summed E-state index contributed by atoms with van der Waals surface area (Å²) in [5.41, 5.74) is -0.154. The highest BCUT2D eigenvalue weighted by molar-refractivity contribution is 7.93. The van der Waals surface area contributed by atoms with E-state index in [0.717, 1.165) is 12.1 Å². The first-order valence-corrected chi connectivity index (χ1v) is 6.36. The van der Waals surface area contributed by atoms with Crippen LogP contribution in [0.2, 0.25) is 0 Å². The lowest BCUT2D eigenvalue weighted by Crippen LogP contribution is -2.22. The molecule has 17 heavy (non-hydrogen) atoms. The maximum absolute atomic E-state index is 11.5. The van der Waals surface area contributed by atoms with Crippen LogP contribution in [0.25, 0.3) is 0 Å². The molecule has 0 aliphatic rings. The van der Waals surface area contributed by atoms with E-state index in [9.17, 15) is 18.3 Å². The lowest BCUT2D eigenvalue weighted by atomic mass is 10.2. The number of carboxylic acids is 1. The van der Waals surface area contributed by atoms with Gasteiger partial charge in [-0.3, -0.25) is 4.72 Å². The molecule has 0 aliphatic carbocycles. The summed E-state index contributed by atoms with van der Waals surface area (Å²) in [5, 5.41) is 17.4. The van der Waals surface area contributed by atoms with Gasteiger partial charge in [-0.1, -0.05) is 0 Å². The van der Waals surface area contributed by atoms with Gasteiger partial charge in [0.05, 0.1) is 10.9 Å². The second kappa shape index (κ2) is 4.62. The van der Waals surface area contributed by atoms with E-state index >= 15 is 0 Å². The normalized spacial score (nSPS) is 11.5. The Hall–Kier alpha value is -1.76. The molecule has 0 amide bonds. The van der Waals surface area contributed by atoms with Gasteiger partial charge in [-0.25, -0.2) is 13.2 Å². The monoisotopic (exact) mass is 259 g/mol. The van der Waals surface area contributed by atoms with Gasteiger partial charge in [-0.05, 0) is 26.0 Å². The maximum atomic E-state index is 11.5. The van der Waals surface area contributed by atoms with Crippen LogP contribution in [0, 0.1) is 0 Å². The van der Waals surface area contributed by atoms with Gasteiger partial charge in [0.2, 0.25) is 10.0 Å². The lowest BCUT2D eigenvalue weighted by molar-refractivity contribution is 0.0694. The van der Waals surface area contributed by atoms with Crippen LogP contribution in [-0.2, 0) is 10.0 Å². The molecule has 3 N–H and O–H groups in total. The quantitative estimate of drug-likeness (QED) is 0.754.